The summed E-state index contributed by atoms with van der Waals surface area (Å²) in [6, 6.07) is 11.4. The van der Waals surface area contributed by atoms with Gasteiger partial charge in [-0.2, -0.15) is 13.2 Å². The summed E-state index contributed by atoms with van der Waals surface area (Å²) in [5.41, 5.74) is 6.84. The van der Waals surface area contributed by atoms with Gasteiger partial charge in [-0.25, -0.2) is 0 Å². The zero-order chi connectivity index (χ0) is 28.4. The first-order valence-electron chi connectivity index (χ1n) is 14.0. The number of fused-ring (bicyclic) bond motifs is 1. The van der Waals surface area contributed by atoms with Gasteiger partial charge in [0.05, 0.1) is 5.56 Å². The van der Waals surface area contributed by atoms with Crippen LogP contribution in [0.2, 0.25) is 0 Å². The topological polar surface area (TPSA) is 0 Å². The van der Waals surface area contributed by atoms with Crippen molar-refractivity contribution in [3.05, 3.63) is 69.8 Å². The van der Waals surface area contributed by atoms with Crippen LogP contribution >= 0.6 is 0 Å². The second kappa shape index (κ2) is 11.5. The highest BCUT2D eigenvalue weighted by Crippen LogP contribution is 2.45. The summed E-state index contributed by atoms with van der Waals surface area (Å²) in [7, 11) is 0. The Kier molecular flexibility index (Phi) is 9.81. The molecule has 1 unspecified atom stereocenters. The Labute approximate surface area is 225 Å². The minimum Gasteiger partial charge on any atom is -0.166 e. The normalized spacial score (nSPS) is 16.5. The highest BCUT2D eigenvalue weighted by atomic mass is 19.4. The fourth-order valence-electron chi connectivity index (χ4n) is 5.17. The van der Waals surface area contributed by atoms with Crippen molar-refractivity contribution in [3.8, 4) is 0 Å². The van der Waals surface area contributed by atoms with Crippen LogP contribution in [0.5, 0.6) is 0 Å². The Morgan fingerprint density at radius 1 is 0.784 bits per heavy atom. The highest BCUT2D eigenvalue weighted by molar-refractivity contribution is 5.41. The molecule has 2 aromatic rings. The van der Waals surface area contributed by atoms with Gasteiger partial charge in [0, 0.05) is 0 Å². The lowest BCUT2D eigenvalue weighted by Crippen LogP contribution is -2.16. The third-order valence-corrected chi connectivity index (χ3v) is 7.44. The number of hydrogen-bond donors (Lipinski definition) is 0. The van der Waals surface area contributed by atoms with Crippen LogP contribution in [-0.4, -0.2) is 0 Å². The van der Waals surface area contributed by atoms with Crippen LogP contribution in [0.25, 0.3) is 0 Å². The maximum atomic E-state index is 12.8. The van der Waals surface area contributed by atoms with E-state index in [0.717, 1.165) is 29.9 Å². The molecular formula is C34H51F3. The molecule has 0 radical (unpaired) electrons. The summed E-state index contributed by atoms with van der Waals surface area (Å²) >= 11 is 0. The first-order chi connectivity index (χ1) is 16.7. The van der Waals surface area contributed by atoms with Crippen LogP contribution < -0.4 is 0 Å². The summed E-state index contributed by atoms with van der Waals surface area (Å²) in [5.74, 6) is 1.19. The smallest absolute Gasteiger partial charge is 0.166 e. The molecule has 0 fully saturated rings. The molecule has 2 aromatic carbocycles. The van der Waals surface area contributed by atoms with Gasteiger partial charge in [-0.15, -0.1) is 0 Å². The van der Waals surface area contributed by atoms with Crippen LogP contribution in [0.4, 0.5) is 13.2 Å². The largest absolute Gasteiger partial charge is 0.416 e. The SMILES string of the molecule is CC(C)(C)c1ccc2c(c1)CCC2C(C)(C)C.CC(C)Cc1ccc(C(F)(F)F)cc1CCC(C)(C)C. The molecule has 3 heteroatoms. The maximum absolute atomic E-state index is 12.8. The molecule has 0 amide bonds. The van der Waals surface area contributed by atoms with Crippen molar-refractivity contribution < 1.29 is 13.2 Å². The molecule has 0 aromatic heterocycles. The Morgan fingerprint density at radius 2 is 1.38 bits per heavy atom. The van der Waals surface area contributed by atoms with E-state index in [1.807, 2.05) is 0 Å². The number of aryl methyl sites for hydroxylation is 2. The zero-order valence-corrected chi connectivity index (χ0v) is 25.3. The van der Waals surface area contributed by atoms with E-state index in [0.29, 0.717) is 17.8 Å². The molecule has 0 saturated heterocycles. The van der Waals surface area contributed by atoms with Crippen molar-refractivity contribution in [2.45, 2.75) is 126 Å². The monoisotopic (exact) mass is 516 g/mol. The van der Waals surface area contributed by atoms with Crippen molar-refractivity contribution in [1.29, 1.82) is 0 Å². The molecule has 3 rings (SSSR count). The van der Waals surface area contributed by atoms with Crippen LogP contribution in [0.3, 0.4) is 0 Å². The maximum Gasteiger partial charge on any atom is 0.416 e. The van der Waals surface area contributed by atoms with E-state index in [9.17, 15) is 13.2 Å². The fourth-order valence-corrected chi connectivity index (χ4v) is 5.17. The molecule has 0 N–H and O–H groups in total. The third-order valence-electron chi connectivity index (χ3n) is 7.44. The second-order valence-electron chi connectivity index (χ2n) is 14.8. The second-order valence-corrected chi connectivity index (χ2v) is 14.8. The van der Waals surface area contributed by atoms with Gasteiger partial charge in [0.25, 0.3) is 0 Å². The lowest BCUT2D eigenvalue weighted by molar-refractivity contribution is -0.137. The van der Waals surface area contributed by atoms with Gasteiger partial charge in [-0.05, 0) is 100 Å². The molecule has 1 aliphatic rings. The van der Waals surface area contributed by atoms with E-state index in [1.54, 1.807) is 17.2 Å². The molecule has 0 aliphatic heterocycles. The first-order valence-corrected chi connectivity index (χ1v) is 14.0. The first kappa shape index (κ1) is 31.4. The van der Waals surface area contributed by atoms with Crippen LogP contribution in [0.15, 0.2) is 36.4 Å². The van der Waals surface area contributed by atoms with Crippen LogP contribution in [-0.2, 0) is 30.9 Å². The quantitative estimate of drug-likeness (QED) is 0.379. The van der Waals surface area contributed by atoms with Gasteiger partial charge in [0.2, 0.25) is 0 Å². The Bertz CT molecular complexity index is 1020. The predicted octanol–water partition coefficient (Wildman–Crippen LogP) is 10.9. The van der Waals surface area contributed by atoms with Crippen molar-refractivity contribution in [3.63, 3.8) is 0 Å². The lowest BCUT2D eigenvalue weighted by Gasteiger charge is -2.28. The van der Waals surface area contributed by atoms with E-state index in [2.05, 4.69) is 94.4 Å². The third kappa shape index (κ3) is 9.48. The Morgan fingerprint density at radius 3 is 1.86 bits per heavy atom. The molecule has 37 heavy (non-hydrogen) atoms. The van der Waals surface area contributed by atoms with Gasteiger partial charge < -0.3 is 0 Å². The van der Waals surface area contributed by atoms with Crippen molar-refractivity contribution >= 4 is 0 Å². The van der Waals surface area contributed by atoms with Gasteiger partial charge in [-0.1, -0.05) is 100 Å². The number of halogens is 3. The molecule has 1 aliphatic carbocycles. The summed E-state index contributed by atoms with van der Waals surface area (Å²) in [5, 5.41) is 0. The Hall–Kier alpha value is -1.77. The zero-order valence-electron chi connectivity index (χ0n) is 25.3. The van der Waals surface area contributed by atoms with E-state index >= 15 is 0 Å². The predicted molar refractivity (Wildman–Crippen MR) is 153 cm³/mol. The minimum absolute atomic E-state index is 0.128. The fraction of sp³-hybridized carbons (Fsp3) is 0.647. The summed E-state index contributed by atoms with van der Waals surface area (Å²) in [6.07, 6.45) is 0.757. The van der Waals surface area contributed by atoms with Gasteiger partial charge >= 0.3 is 6.18 Å². The lowest BCUT2D eigenvalue weighted by atomic mass is 9.77. The van der Waals surface area contributed by atoms with E-state index in [-0.39, 0.29) is 10.8 Å². The standard InChI is InChI=1S/C17H25F3.C17H26/c1-12(2)10-13-6-7-15(17(18,19)20)11-14(13)8-9-16(3,4)5;1-16(2,3)13-8-9-14-12(11-13)7-10-15(14)17(4,5)6/h6-7,11-12H,8-10H2,1-5H3;8-9,11,15H,7,10H2,1-6H3. The van der Waals surface area contributed by atoms with E-state index in [1.165, 1.54) is 30.5 Å². The molecule has 0 heterocycles. The van der Waals surface area contributed by atoms with Crippen molar-refractivity contribution in [2.24, 2.45) is 16.7 Å². The molecule has 1 atom stereocenters. The van der Waals surface area contributed by atoms with Gasteiger partial charge in [0.1, 0.15) is 0 Å². The minimum atomic E-state index is -4.26. The number of rotatable bonds is 4. The van der Waals surface area contributed by atoms with Crippen molar-refractivity contribution in [2.75, 3.05) is 0 Å². The summed E-state index contributed by atoms with van der Waals surface area (Å²) < 4.78 is 38.5. The average Bonchev–Trinajstić information content (AvgIpc) is 3.15. The summed E-state index contributed by atoms with van der Waals surface area (Å²) in [6.45, 7) is 24.5. The molecular weight excluding hydrogens is 465 g/mol. The molecule has 0 nitrogen and oxygen atoms in total. The van der Waals surface area contributed by atoms with Crippen LogP contribution in [0.1, 0.15) is 128 Å². The average molecular weight is 517 g/mol. The van der Waals surface area contributed by atoms with Crippen molar-refractivity contribution in [1.82, 2.24) is 0 Å². The van der Waals surface area contributed by atoms with Gasteiger partial charge in [0.15, 0.2) is 0 Å². The molecule has 0 spiro atoms. The number of alkyl halides is 3. The molecule has 0 bridgehead atoms. The summed E-state index contributed by atoms with van der Waals surface area (Å²) in [4.78, 5) is 0. The molecule has 0 saturated carbocycles. The highest BCUT2D eigenvalue weighted by Gasteiger charge is 2.33. The van der Waals surface area contributed by atoms with E-state index in [4.69, 9.17) is 0 Å². The van der Waals surface area contributed by atoms with E-state index < -0.39 is 11.7 Å². The number of hydrogen-bond acceptors (Lipinski definition) is 0. The molecule has 208 valence electrons. The van der Waals surface area contributed by atoms with Crippen LogP contribution in [0, 0.1) is 16.7 Å². The Balaban J connectivity index is 0.000000263. The van der Waals surface area contributed by atoms with Gasteiger partial charge in [-0.3, -0.25) is 0 Å². The number of benzene rings is 2.